The Morgan fingerprint density at radius 3 is 2.81 bits per heavy atom. The fourth-order valence-electron chi connectivity index (χ4n) is 1.87. The number of nitrogens with one attached hydrogen (secondary N) is 1. The second-order valence-electron chi connectivity index (χ2n) is 4.09. The van der Waals surface area contributed by atoms with Crippen LogP contribution < -0.4 is 10.1 Å². The van der Waals surface area contributed by atoms with E-state index in [1.807, 2.05) is 7.05 Å². The minimum absolute atomic E-state index is 0.457. The highest BCUT2D eigenvalue weighted by molar-refractivity contribution is 5.30. The molecule has 0 bridgehead atoms. The van der Waals surface area contributed by atoms with Gasteiger partial charge in [0.25, 0.3) is 0 Å². The number of rotatable bonds is 6. The molecular weight excluding hydrogens is 206 g/mol. The predicted octanol–water partition coefficient (Wildman–Crippen LogP) is 0.729. The SMILES string of the molecule is CCCn1ncc(OC)c1C(C)(O)CNC. The van der Waals surface area contributed by atoms with E-state index in [4.69, 9.17) is 4.74 Å². The molecule has 1 atom stereocenters. The van der Waals surface area contributed by atoms with E-state index >= 15 is 0 Å². The maximum Gasteiger partial charge on any atom is 0.162 e. The summed E-state index contributed by atoms with van der Waals surface area (Å²) in [6.07, 6.45) is 2.61. The maximum absolute atomic E-state index is 10.4. The lowest BCUT2D eigenvalue weighted by Crippen LogP contribution is -2.36. The van der Waals surface area contributed by atoms with Gasteiger partial charge in [0.05, 0.1) is 13.3 Å². The van der Waals surface area contributed by atoms with Gasteiger partial charge in [-0.2, -0.15) is 5.10 Å². The van der Waals surface area contributed by atoms with Gasteiger partial charge in [-0.3, -0.25) is 4.68 Å². The third kappa shape index (κ3) is 2.54. The van der Waals surface area contributed by atoms with Crippen LogP contribution in [0.15, 0.2) is 6.20 Å². The van der Waals surface area contributed by atoms with Crippen LogP contribution in [0, 0.1) is 0 Å². The summed E-state index contributed by atoms with van der Waals surface area (Å²) in [4.78, 5) is 0. The monoisotopic (exact) mass is 227 g/mol. The molecule has 1 unspecified atom stereocenters. The Kier molecular flexibility index (Phi) is 4.32. The van der Waals surface area contributed by atoms with Gasteiger partial charge in [0.1, 0.15) is 11.3 Å². The van der Waals surface area contributed by atoms with Gasteiger partial charge in [0.2, 0.25) is 0 Å². The van der Waals surface area contributed by atoms with Crippen molar-refractivity contribution in [2.75, 3.05) is 20.7 Å². The molecule has 0 radical (unpaired) electrons. The van der Waals surface area contributed by atoms with Crippen molar-refractivity contribution in [3.8, 4) is 5.75 Å². The van der Waals surface area contributed by atoms with Crippen molar-refractivity contribution in [2.24, 2.45) is 0 Å². The highest BCUT2D eigenvalue weighted by atomic mass is 16.5. The van der Waals surface area contributed by atoms with Crippen molar-refractivity contribution in [1.82, 2.24) is 15.1 Å². The molecule has 1 rings (SSSR count). The van der Waals surface area contributed by atoms with Crippen molar-refractivity contribution in [1.29, 1.82) is 0 Å². The molecule has 1 aromatic heterocycles. The molecule has 1 aromatic rings. The molecule has 0 saturated heterocycles. The Hall–Kier alpha value is -1.07. The minimum atomic E-state index is -0.980. The van der Waals surface area contributed by atoms with Crippen LogP contribution in [-0.2, 0) is 12.1 Å². The second kappa shape index (κ2) is 5.32. The fraction of sp³-hybridized carbons (Fsp3) is 0.727. The first-order valence-corrected chi connectivity index (χ1v) is 5.54. The van der Waals surface area contributed by atoms with E-state index in [-0.39, 0.29) is 0 Å². The lowest BCUT2D eigenvalue weighted by molar-refractivity contribution is 0.0468. The molecular formula is C11H21N3O2. The van der Waals surface area contributed by atoms with Gasteiger partial charge in [-0.15, -0.1) is 0 Å². The summed E-state index contributed by atoms with van der Waals surface area (Å²) in [5.41, 5.74) is -0.252. The highest BCUT2D eigenvalue weighted by Gasteiger charge is 2.30. The summed E-state index contributed by atoms with van der Waals surface area (Å²) >= 11 is 0. The average molecular weight is 227 g/mol. The van der Waals surface area contributed by atoms with Gasteiger partial charge < -0.3 is 15.2 Å². The van der Waals surface area contributed by atoms with Gasteiger partial charge in [-0.1, -0.05) is 6.92 Å². The first kappa shape index (κ1) is 13.0. The summed E-state index contributed by atoms with van der Waals surface area (Å²) in [7, 11) is 3.40. The molecule has 0 aliphatic heterocycles. The first-order chi connectivity index (χ1) is 7.56. The smallest absolute Gasteiger partial charge is 0.162 e. The number of hydrogen-bond donors (Lipinski definition) is 2. The number of aryl methyl sites for hydroxylation is 1. The van der Waals surface area contributed by atoms with Crippen molar-refractivity contribution in [2.45, 2.75) is 32.4 Å². The summed E-state index contributed by atoms with van der Waals surface area (Å²) < 4.78 is 7.04. The molecule has 2 N–H and O–H groups in total. The molecule has 0 aliphatic carbocycles. The zero-order valence-corrected chi connectivity index (χ0v) is 10.4. The number of hydrogen-bond acceptors (Lipinski definition) is 4. The van der Waals surface area contributed by atoms with Crippen molar-refractivity contribution >= 4 is 0 Å². The number of aliphatic hydroxyl groups is 1. The standard InChI is InChI=1S/C11H21N3O2/c1-5-6-14-10(9(16-4)7-13-14)11(2,15)8-12-3/h7,12,15H,5-6,8H2,1-4H3. The molecule has 5 nitrogen and oxygen atoms in total. The zero-order valence-electron chi connectivity index (χ0n) is 10.4. The van der Waals surface area contributed by atoms with Crippen LogP contribution >= 0.6 is 0 Å². The van der Waals surface area contributed by atoms with Gasteiger partial charge >= 0.3 is 0 Å². The van der Waals surface area contributed by atoms with E-state index in [9.17, 15) is 5.11 Å². The third-order valence-electron chi connectivity index (χ3n) is 2.49. The van der Waals surface area contributed by atoms with E-state index in [0.29, 0.717) is 12.3 Å². The normalized spacial score (nSPS) is 14.8. The van der Waals surface area contributed by atoms with Crippen molar-refractivity contribution in [3.05, 3.63) is 11.9 Å². The molecule has 5 heteroatoms. The molecule has 0 spiro atoms. The van der Waals surface area contributed by atoms with E-state index in [2.05, 4.69) is 17.3 Å². The minimum Gasteiger partial charge on any atom is -0.493 e. The molecule has 0 saturated carbocycles. The fourth-order valence-corrected chi connectivity index (χ4v) is 1.87. The van der Waals surface area contributed by atoms with Crippen LogP contribution in [0.25, 0.3) is 0 Å². The third-order valence-corrected chi connectivity index (χ3v) is 2.49. The molecule has 16 heavy (non-hydrogen) atoms. The molecule has 1 heterocycles. The molecule has 92 valence electrons. The van der Waals surface area contributed by atoms with Gasteiger partial charge in [0.15, 0.2) is 5.75 Å². The van der Waals surface area contributed by atoms with Gasteiger partial charge in [-0.25, -0.2) is 0 Å². The number of nitrogens with zero attached hydrogens (tertiary/aromatic N) is 2. The summed E-state index contributed by atoms with van der Waals surface area (Å²) in [6, 6.07) is 0. The lowest BCUT2D eigenvalue weighted by Gasteiger charge is -2.25. The molecule has 0 aromatic carbocycles. The van der Waals surface area contributed by atoms with Crippen LogP contribution in [-0.4, -0.2) is 35.6 Å². The van der Waals surface area contributed by atoms with E-state index in [1.54, 1.807) is 24.9 Å². The number of aromatic nitrogens is 2. The van der Waals surface area contributed by atoms with Gasteiger partial charge in [-0.05, 0) is 20.4 Å². The highest BCUT2D eigenvalue weighted by Crippen LogP contribution is 2.29. The van der Waals surface area contributed by atoms with E-state index in [0.717, 1.165) is 18.7 Å². The summed E-state index contributed by atoms with van der Waals surface area (Å²) in [5.74, 6) is 0.633. The van der Waals surface area contributed by atoms with Crippen LogP contribution in [0.5, 0.6) is 5.75 Å². The predicted molar refractivity (Wildman–Crippen MR) is 62.6 cm³/mol. The van der Waals surface area contributed by atoms with Crippen molar-refractivity contribution in [3.63, 3.8) is 0 Å². The number of ether oxygens (including phenoxy) is 1. The Bertz CT molecular complexity index is 334. The van der Waals surface area contributed by atoms with Crippen molar-refractivity contribution < 1.29 is 9.84 Å². The van der Waals surface area contributed by atoms with Crippen LogP contribution in [0.2, 0.25) is 0 Å². The maximum atomic E-state index is 10.4. The zero-order chi connectivity index (χ0) is 12.2. The first-order valence-electron chi connectivity index (χ1n) is 5.54. The summed E-state index contributed by atoms with van der Waals surface area (Å²) in [6.45, 7) is 5.07. The lowest BCUT2D eigenvalue weighted by atomic mass is 10.0. The second-order valence-corrected chi connectivity index (χ2v) is 4.09. The Labute approximate surface area is 96.4 Å². The molecule has 0 aliphatic rings. The van der Waals surface area contributed by atoms with Crippen LogP contribution in [0.4, 0.5) is 0 Å². The Morgan fingerprint density at radius 1 is 1.62 bits per heavy atom. The summed E-state index contributed by atoms with van der Waals surface area (Å²) in [5, 5.41) is 17.6. The molecule has 0 fully saturated rings. The quantitative estimate of drug-likeness (QED) is 0.752. The Morgan fingerprint density at radius 2 is 2.31 bits per heavy atom. The van der Waals surface area contributed by atoms with E-state index in [1.165, 1.54) is 0 Å². The average Bonchev–Trinajstić information content (AvgIpc) is 2.62. The van der Waals surface area contributed by atoms with E-state index < -0.39 is 5.60 Å². The van der Waals surface area contributed by atoms with Crippen LogP contribution in [0.1, 0.15) is 26.0 Å². The van der Waals surface area contributed by atoms with Crippen LogP contribution in [0.3, 0.4) is 0 Å². The number of methoxy groups -OCH3 is 1. The Balaban J connectivity index is 3.11. The number of likely N-dealkylation sites (N-methyl/N-ethyl adjacent to an activating group) is 1. The van der Waals surface area contributed by atoms with Gasteiger partial charge in [0, 0.05) is 13.1 Å². The largest absolute Gasteiger partial charge is 0.493 e. The molecule has 0 amide bonds. The topological polar surface area (TPSA) is 59.3 Å².